The summed E-state index contributed by atoms with van der Waals surface area (Å²) in [7, 11) is 1.29. The molecule has 0 aliphatic rings. The zero-order chi connectivity index (χ0) is 18.8. The highest BCUT2D eigenvalue weighted by Crippen LogP contribution is 2.26. The van der Waals surface area contributed by atoms with E-state index in [1.165, 1.54) is 30.6 Å². The van der Waals surface area contributed by atoms with E-state index in [4.69, 9.17) is 39.5 Å². The molecule has 134 valence electrons. The first-order valence-electron chi connectivity index (χ1n) is 7.29. The fraction of sp³-hybridized carbons (Fsp3) is 0.118. The smallest absolute Gasteiger partial charge is 0.325 e. The molecule has 26 heavy (non-hydrogen) atoms. The van der Waals surface area contributed by atoms with Crippen molar-refractivity contribution in [1.29, 1.82) is 0 Å². The third-order valence-electron chi connectivity index (χ3n) is 3.53. The Hall–Kier alpha value is -1.86. The van der Waals surface area contributed by atoms with Gasteiger partial charge >= 0.3 is 5.97 Å². The molecule has 0 unspecified atom stereocenters. The van der Waals surface area contributed by atoms with E-state index in [0.29, 0.717) is 20.4 Å². The van der Waals surface area contributed by atoms with Crippen LogP contribution in [-0.4, -0.2) is 23.6 Å². The third kappa shape index (κ3) is 3.78. The SMILES string of the molecule is COC(=O)Cn1c(=NC(=O)c2ccc(Cl)cc2Cl)sc2cccc(Cl)c21. The number of esters is 1. The molecule has 0 fully saturated rings. The number of halogens is 3. The van der Waals surface area contributed by atoms with Crippen LogP contribution >= 0.6 is 46.1 Å². The summed E-state index contributed by atoms with van der Waals surface area (Å²) in [6.45, 7) is -0.124. The number of amides is 1. The molecule has 5 nitrogen and oxygen atoms in total. The summed E-state index contributed by atoms with van der Waals surface area (Å²) in [6, 6.07) is 9.84. The summed E-state index contributed by atoms with van der Waals surface area (Å²) in [6.07, 6.45) is 0. The average Bonchev–Trinajstić information content (AvgIpc) is 2.93. The Kier molecular flexibility index (Phi) is 5.67. The molecule has 3 rings (SSSR count). The lowest BCUT2D eigenvalue weighted by Crippen LogP contribution is -2.22. The number of fused-ring (bicyclic) bond motifs is 1. The van der Waals surface area contributed by atoms with Crippen molar-refractivity contribution in [3.63, 3.8) is 0 Å². The van der Waals surface area contributed by atoms with Gasteiger partial charge in [0.1, 0.15) is 6.54 Å². The van der Waals surface area contributed by atoms with Gasteiger partial charge in [-0.3, -0.25) is 9.59 Å². The van der Waals surface area contributed by atoms with Gasteiger partial charge in [-0.1, -0.05) is 52.2 Å². The van der Waals surface area contributed by atoms with Crippen LogP contribution in [0.25, 0.3) is 10.2 Å². The number of carbonyl (C=O) groups is 2. The Balaban J connectivity index is 2.18. The number of hydrogen-bond acceptors (Lipinski definition) is 4. The van der Waals surface area contributed by atoms with E-state index in [2.05, 4.69) is 4.99 Å². The number of benzene rings is 2. The molecule has 0 aliphatic carbocycles. The van der Waals surface area contributed by atoms with Crippen LogP contribution in [0.5, 0.6) is 0 Å². The maximum atomic E-state index is 12.6. The first-order chi connectivity index (χ1) is 12.4. The average molecular weight is 430 g/mol. The van der Waals surface area contributed by atoms with Gasteiger partial charge in [-0.2, -0.15) is 4.99 Å². The first-order valence-corrected chi connectivity index (χ1v) is 9.24. The van der Waals surface area contributed by atoms with E-state index >= 15 is 0 Å². The molecule has 3 aromatic rings. The van der Waals surface area contributed by atoms with Crippen molar-refractivity contribution in [2.75, 3.05) is 7.11 Å². The minimum Gasteiger partial charge on any atom is -0.468 e. The van der Waals surface area contributed by atoms with Crippen LogP contribution in [0, 0.1) is 0 Å². The van der Waals surface area contributed by atoms with Crippen LogP contribution in [0.2, 0.25) is 15.1 Å². The van der Waals surface area contributed by atoms with Crippen LogP contribution in [0.3, 0.4) is 0 Å². The molecular weight excluding hydrogens is 419 g/mol. The van der Waals surface area contributed by atoms with Crippen molar-refractivity contribution in [3.05, 3.63) is 61.8 Å². The van der Waals surface area contributed by atoms with E-state index in [9.17, 15) is 9.59 Å². The van der Waals surface area contributed by atoms with Gasteiger partial charge in [0.15, 0.2) is 4.80 Å². The minimum atomic E-state index is -0.548. The van der Waals surface area contributed by atoms with Crippen molar-refractivity contribution >= 4 is 68.2 Å². The first kappa shape index (κ1) is 18.9. The highest BCUT2D eigenvalue weighted by Gasteiger charge is 2.15. The van der Waals surface area contributed by atoms with Crippen molar-refractivity contribution in [1.82, 2.24) is 4.57 Å². The van der Waals surface area contributed by atoms with Crippen LogP contribution in [0.4, 0.5) is 0 Å². The van der Waals surface area contributed by atoms with Gasteiger partial charge in [-0.15, -0.1) is 0 Å². The lowest BCUT2D eigenvalue weighted by Gasteiger charge is -2.05. The molecule has 0 bridgehead atoms. The van der Waals surface area contributed by atoms with Crippen molar-refractivity contribution in [3.8, 4) is 0 Å². The Bertz CT molecular complexity index is 1090. The zero-order valence-electron chi connectivity index (χ0n) is 13.3. The van der Waals surface area contributed by atoms with Crippen LogP contribution < -0.4 is 4.80 Å². The van der Waals surface area contributed by atoms with Gasteiger partial charge in [0, 0.05) is 5.02 Å². The summed E-state index contributed by atoms with van der Waals surface area (Å²) in [5.74, 6) is -1.03. The zero-order valence-corrected chi connectivity index (χ0v) is 16.4. The van der Waals surface area contributed by atoms with Gasteiger partial charge in [0.05, 0.1) is 32.9 Å². The fourth-order valence-electron chi connectivity index (χ4n) is 2.32. The number of rotatable bonds is 3. The van der Waals surface area contributed by atoms with Crippen molar-refractivity contribution in [2.24, 2.45) is 4.99 Å². The number of ether oxygens (including phenoxy) is 1. The molecule has 1 aromatic heterocycles. The maximum Gasteiger partial charge on any atom is 0.325 e. The third-order valence-corrected chi connectivity index (χ3v) is 5.42. The molecule has 9 heteroatoms. The highest BCUT2D eigenvalue weighted by atomic mass is 35.5. The molecule has 0 saturated heterocycles. The topological polar surface area (TPSA) is 60.7 Å². The summed E-state index contributed by atoms with van der Waals surface area (Å²) < 4.78 is 7.07. The summed E-state index contributed by atoms with van der Waals surface area (Å²) >= 11 is 19.4. The second-order valence-corrected chi connectivity index (χ2v) is 7.43. The van der Waals surface area contributed by atoms with Gasteiger partial charge in [0.2, 0.25) is 0 Å². The maximum absolute atomic E-state index is 12.6. The van der Waals surface area contributed by atoms with E-state index in [1.54, 1.807) is 22.8 Å². The molecule has 0 aliphatic heterocycles. The number of hydrogen-bond donors (Lipinski definition) is 0. The van der Waals surface area contributed by atoms with Crippen LogP contribution in [0.15, 0.2) is 41.4 Å². The number of thiazole rings is 1. The van der Waals surface area contributed by atoms with E-state index in [-0.39, 0.29) is 17.1 Å². The number of aromatic nitrogens is 1. The summed E-state index contributed by atoms with van der Waals surface area (Å²) in [5.41, 5.74) is 0.822. The molecule has 1 heterocycles. The second-order valence-electron chi connectivity index (χ2n) is 5.17. The lowest BCUT2D eigenvalue weighted by molar-refractivity contribution is -0.141. The molecule has 0 atom stereocenters. The normalized spacial score (nSPS) is 11.8. The fourth-order valence-corrected chi connectivity index (χ4v) is 4.20. The second kappa shape index (κ2) is 7.80. The highest BCUT2D eigenvalue weighted by molar-refractivity contribution is 7.16. The number of para-hydroxylation sites is 1. The number of methoxy groups -OCH3 is 1. The van der Waals surface area contributed by atoms with E-state index in [0.717, 1.165) is 4.70 Å². The monoisotopic (exact) mass is 428 g/mol. The molecule has 0 saturated carbocycles. The molecule has 0 radical (unpaired) electrons. The Labute approximate surface area is 167 Å². The number of carbonyl (C=O) groups excluding carboxylic acids is 2. The van der Waals surface area contributed by atoms with Crippen molar-refractivity contribution < 1.29 is 14.3 Å². The van der Waals surface area contributed by atoms with Crippen molar-refractivity contribution in [2.45, 2.75) is 6.54 Å². The van der Waals surface area contributed by atoms with Crippen LogP contribution in [0.1, 0.15) is 10.4 Å². The quantitative estimate of drug-likeness (QED) is 0.573. The predicted molar refractivity (Wildman–Crippen MR) is 103 cm³/mol. The van der Waals surface area contributed by atoms with Crippen LogP contribution in [-0.2, 0) is 16.1 Å². The van der Waals surface area contributed by atoms with E-state index in [1.807, 2.05) is 6.07 Å². The lowest BCUT2D eigenvalue weighted by atomic mass is 10.2. The van der Waals surface area contributed by atoms with Gasteiger partial charge in [-0.25, -0.2) is 0 Å². The largest absolute Gasteiger partial charge is 0.468 e. The van der Waals surface area contributed by atoms with Gasteiger partial charge < -0.3 is 9.30 Å². The standard InChI is InChI=1S/C17H11Cl3N2O3S/c1-25-14(23)8-22-15-11(19)3-2-4-13(15)26-17(22)21-16(24)10-6-5-9(18)7-12(10)20/h2-7H,8H2,1H3. The van der Waals surface area contributed by atoms with Gasteiger partial charge in [0.25, 0.3) is 5.91 Å². The predicted octanol–water partition coefficient (Wildman–Crippen LogP) is 4.58. The van der Waals surface area contributed by atoms with E-state index < -0.39 is 11.9 Å². The molecule has 1 amide bonds. The Morgan fingerprint density at radius 3 is 2.62 bits per heavy atom. The molecule has 0 N–H and O–H groups in total. The van der Waals surface area contributed by atoms with Gasteiger partial charge in [-0.05, 0) is 30.3 Å². The molecular formula is C17H11Cl3N2O3S. The summed E-state index contributed by atoms with van der Waals surface area (Å²) in [4.78, 5) is 28.8. The Morgan fingerprint density at radius 1 is 1.15 bits per heavy atom. The minimum absolute atomic E-state index is 0.124. The molecule has 0 spiro atoms. The molecule has 2 aromatic carbocycles. The summed E-state index contributed by atoms with van der Waals surface area (Å²) in [5, 5.41) is 1.06. The Morgan fingerprint density at radius 2 is 1.92 bits per heavy atom. The number of nitrogens with zero attached hydrogens (tertiary/aromatic N) is 2.